The standard InChI is InChI=1S/C14H12ClN3OS/c1-9-13(15)11(19)7-12-16-14(17-18(9)12)20-8-10-5-3-2-4-6-10/h2-7,19H,8H2,1H3. The largest absolute Gasteiger partial charge is 0.506 e. The first-order chi connectivity index (χ1) is 9.65. The Morgan fingerprint density at radius 1 is 1.30 bits per heavy atom. The molecule has 6 heteroatoms. The molecule has 3 rings (SSSR count). The number of aromatic nitrogens is 3. The van der Waals surface area contributed by atoms with Crippen molar-refractivity contribution < 1.29 is 5.11 Å². The van der Waals surface area contributed by atoms with E-state index < -0.39 is 0 Å². The van der Waals surface area contributed by atoms with Crippen LogP contribution in [0.1, 0.15) is 11.3 Å². The number of rotatable bonds is 3. The van der Waals surface area contributed by atoms with Gasteiger partial charge in [-0.05, 0) is 12.5 Å². The lowest BCUT2D eigenvalue weighted by Crippen LogP contribution is -1.94. The van der Waals surface area contributed by atoms with Crippen LogP contribution in [0.3, 0.4) is 0 Å². The molecule has 0 saturated carbocycles. The van der Waals surface area contributed by atoms with Gasteiger partial charge in [-0.1, -0.05) is 53.7 Å². The van der Waals surface area contributed by atoms with E-state index in [0.717, 1.165) is 5.75 Å². The lowest BCUT2D eigenvalue weighted by Gasteiger charge is -2.02. The van der Waals surface area contributed by atoms with Gasteiger partial charge in [0.1, 0.15) is 10.8 Å². The van der Waals surface area contributed by atoms with E-state index in [-0.39, 0.29) is 5.75 Å². The van der Waals surface area contributed by atoms with E-state index in [0.29, 0.717) is 21.5 Å². The van der Waals surface area contributed by atoms with Gasteiger partial charge in [0, 0.05) is 11.8 Å². The maximum Gasteiger partial charge on any atom is 0.209 e. The molecule has 0 bridgehead atoms. The Kier molecular flexibility index (Phi) is 3.54. The fourth-order valence-corrected chi connectivity index (χ4v) is 2.81. The van der Waals surface area contributed by atoms with Crippen LogP contribution >= 0.6 is 23.4 Å². The van der Waals surface area contributed by atoms with Gasteiger partial charge in [-0.2, -0.15) is 0 Å². The van der Waals surface area contributed by atoms with Crippen LogP contribution in [-0.4, -0.2) is 19.7 Å². The molecule has 0 aliphatic rings. The van der Waals surface area contributed by atoms with Gasteiger partial charge < -0.3 is 5.11 Å². The topological polar surface area (TPSA) is 50.4 Å². The molecule has 1 N–H and O–H groups in total. The average molecular weight is 306 g/mol. The first-order valence-electron chi connectivity index (χ1n) is 6.07. The average Bonchev–Trinajstić information content (AvgIpc) is 2.87. The molecule has 0 spiro atoms. The van der Waals surface area contributed by atoms with E-state index >= 15 is 0 Å². The zero-order valence-corrected chi connectivity index (χ0v) is 12.3. The lowest BCUT2D eigenvalue weighted by molar-refractivity contribution is 0.474. The molecule has 102 valence electrons. The lowest BCUT2D eigenvalue weighted by atomic mass is 10.2. The van der Waals surface area contributed by atoms with Crippen molar-refractivity contribution in [3.63, 3.8) is 0 Å². The van der Waals surface area contributed by atoms with Gasteiger partial charge in [0.25, 0.3) is 0 Å². The summed E-state index contributed by atoms with van der Waals surface area (Å²) in [6, 6.07) is 11.7. The Morgan fingerprint density at radius 2 is 2.05 bits per heavy atom. The predicted molar refractivity (Wildman–Crippen MR) is 80.4 cm³/mol. The van der Waals surface area contributed by atoms with Crippen molar-refractivity contribution in [3.8, 4) is 5.75 Å². The van der Waals surface area contributed by atoms with E-state index in [4.69, 9.17) is 11.6 Å². The van der Waals surface area contributed by atoms with Gasteiger partial charge in [-0.3, -0.25) is 0 Å². The quantitative estimate of drug-likeness (QED) is 0.750. The van der Waals surface area contributed by atoms with Gasteiger partial charge in [-0.25, -0.2) is 9.50 Å². The second kappa shape index (κ2) is 5.34. The molecule has 2 aromatic heterocycles. The third-order valence-corrected chi connectivity index (χ3v) is 4.33. The molecule has 4 nitrogen and oxygen atoms in total. The van der Waals surface area contributed by atoms with Crippen molar-refractivity contribution in [2.24, 2.45) is 0 Å². The minimum Gasteiger partial charge on any atom is -0.506 e. The fraction of sp³-hybridized carbons (Fsp3) is 0.143. The third-order valence-electron chi connectivity index (χ3n) is 2.95. The summed E-state index contributed by atoms with van der Waals surface area (Å²) in [6.07, 6.45) is 0. The molecule has 0 amide bonds. The van der Waals surface area contributed by atoms with Crippen molar-refractivity contribution in [3.05, 3.63) is 52.7 Å². The first-order valence-corrected chi connectivity index (χ1v) is 7.43. The number of hydrogen-bond acceptors (Lipinski definition) is 4. The van der Waals surface area contributed by atoms with Crippen molar-refractivity contribution in [2.45, 2.75) is 17.8 Å². The molecule has 0 fully saturated rings. The molecule has 0 atom stereocenters. The van der Waals surface area contributed by atoms with Crippen LogP contribution in [0, 0.1) is 6.92 Å². The van der Waals surface area contributed by atoms with E-state index in [1.54, 1.807) is 23.2 Å². The Hall–Kier alpha value is -1.72. The summed E-state index contributed by atoms with van der Waals surface area (Å²) in [7, 11) is 0. The first kappa shape index (κ1) is 13.3. The maximum atomic E-state index is 9.70. The molecule has 0 saturated heterocycles. The predicted octanol–water partition coefficient (Wildman–Crippen LogP) is 3.69. The monoisotopic (exact) mass is 305 g/mol. The van der Waals surface area contributed by atoms with Crippen LogP contribution in [0.15, 0.2) is 41.6 Å². The Morgan fingerprint density at radius 3 is 2.80 bits per heavy atom. The number of hydrogen-bond donors (Lipinski definition) is 1. The summed E-state index contributed by atoms with van der Waals surface area (Å²) in [4.78, 5) is 4.39. The van der Waals surface area contributed by atoms with Crippen molar-refractivity contribution >= 4 is 29.0 Å². The zero-order chi connectivity index (χ0) is 14.1. The highest BCUT2D eigenvalue weighted by molar-refractivity contribution is 7.98. The van der Waals surface area contributed by atoms with Crippen molar-refractivity contribution in [2.75, 3.05) is 0 Å². The van der Waals surface area contributed by atoms with E-state index in [9.17, 15) is 5.11 Å². The van der Waals surface area contributed by atoms with Crippen LogP contribution in [0.25, 0.3) is 5.65 Å². The number of nitrogens with zero attached hydrogens (tertiary/aromatic N) is 3. The summed E-state index contributed by atoms with van der Waals surface area (Å²) in [5.41, 5.74) is 2.50. The molecule has 2 heterocycles. The summed E-state index contributed by atoms with van der Waals surface area (Å²) >= 11 is 7.55. The minimum atomic E-state index is 0.0312. The van der Waals surface area contributed by atoms with Crippen LogP contribution in [0.5, 0.6) is 5.75 Å². The molecular formula is C14H12ClN3OS. The molecule has 0 radical (unpaired) electrons. The smallest absolute Gasteiger partial charge is 0.209 e. The second-order valence-electron chi connectivity index (χ2n) is 4.37. The van der Waals surface area contributed by atoms with Gasteiger partial charge in [0.05, 0.1) is 5.69 Å². The number of benzene rings is 1. The summed E-state index contributed by atoms with van der Waals surface area (Å²) in [5, 5.41) is 15.1. The number of halogens is 1. The molecule has 20 heavy (non-hydrogen) atoms. The summed E-state index contributed by atoms with van der Waals surface area (Å²) in [6.45, 7) is 1.80. The third kappa shape index (κ3) is 2.46. The highest BCUT2D eigenvalue weighted by Gasteiger charge is 2.12. The second-order valence-corrected chi connectivity index (χ2v) is 5.69. The van der Waals surface area contributed by atoms with Crippen LogP contribution in [0.4, 0.5) is 0 Å². The molecule has 1 aromatic carbocycles. The van der Waals surface area contributed by atoms with Crippen LogP contribution in [0.2, 0.25) is 5.02 Å². The number of fused-ring (bicyclic) bond motifs is 1. The molecule has 0 aliphatic heterocycles. The van der Waals surface area contributed by atoms with E-state index in [1.165, 1.54) is 11.6 Å². The Labute approximate surface area is 125 Å². The van der Waals surface area contributed by atoms with E-state index in [2.05, 4.69) is 22.2 Å². The van der Waals surface area contributed by atoms with Gasteiger partial charge in [0.2, 0.25) is 5.16 Å². The zero-order valence-electron chi connectivity index (χ0n) is 10.7. The fourth-order valence-electron chi connectivity index (χ4n) is 1.89. The highest BCUT2D eigenvalue weighted by atomic mass is 35.5. The molecule has 0 unspecified atom stereocenters. The number of pyridine rings is 1. The van der Waals surface area contributed by atoms with Crippen LogP contribution in [-0.2, 0) is 5.75 Å². The van der Waals surface area contributed by atoms with Gasteiger partial charge in [-0.15, -0.1) is 5.10 Å². The van der Waals surface area contributed by atoms with Gasteiger partial charge >= 0.3 is 0 Å². The van der Waals surface area contributed by atoms with Crippen LogP contribution < -0.4 is 0 Å². The minimum absolute atomic E-state index is 0.0312. The highest BCUT2D eigenvalue weighted by Crippen LogP contribution is 2.29. The Bertz CT molecular complexity index is 758. The number of aromatic hydroxyl groups is 1. The number of aryl methyl sites for hydroxylation is 1. The SMILES string of the molecule is Cc1c(Cl)c(O)cc2nc(SCc3ccccc3)nn12. The van der Waals surface area contributed by atoms with E-state index in [1.807, 2.05) is 18.2 Å². The van der Waals surface area contributed by atoms with Crippen molar-refractivity contribution in [1.29, 1.82) is 0 Å². The molecule has 3 aromatic rings. The van der Waals surface area contributed by atoms with Crippen molar-refractivity contribution in [1.82, 2.24) is 14.6 Å². The number of thioether (sulfide) groups is 1. The molecule has 0 aliphatic carbocycles. The summed E-state index contributed by atoms with van der Waals surface area (Å²) < 4.78 is 1.65. The normalized spacial score (nSPS) is 11.1. The molecular weight excluding hydrogens is 294 g/mol. The summed E-state index contributed by atoms with van der Waals surface area (Å²) in [5.74, 6) is 0.833. The maximum absolute atomic E-state index is 9.70. The Balaban J connectivity index is 1.88. The van der Waals surface area contributed by atoms with Gasteiger partial charge in [0.15, 0.2) is 5.65 Å².